The van der Waals surface area contributed by atoms with Crippen LogP contribution in [0.5, 0.6) is 11.5 Å². The maximum absolute atomic E-state index is 5.37. The second kappa shape index (κ2) is 6.62. The maximum atomic E-state index is 5.37. The molecular weight excluding hydrogens is 304 g/mol. The highest BCUT2D eigenvalue weighted by molar-refractivity contribution is 5.85. The summed E-state index contributed by atoms with van der Waals surface area (Å²) in [6.07, 6.45) is 1.75. The molecule has 2 aromatic carbocycles. The van der Waals surface area contributed by atoms with Crippen LogP contribution in [-0.4, -0.2) is 37.0 Å². The summed E-state index contributed by atoms with van der Waals surface area (Å²) in [6, 6.07) is 16.1. The number of nitrogens with one attached hydrogen (secondary N) is 1. The van der Waals surface area contributed by atoms with Crippen molar-refractivity contribution in [2.45, 2.75) is 6.54 Å². The first-order valence-corrected chi connectivity index (χ1v) is 7.90. The Balaban J connectivity index is 1.38. The van der Waals surface area contributed by atoms with Gasteiger partial charge in [-0.15, -0.1) is 0 Å². The van der Waals surface area contributed by atoms with Crippen LogP contribution >= 0.6 is 0 Å². The number of hydrogen-bond acceptors (Lipinski definition) is 6. The van der Waals surface area contributed by atoms with Crippen LogP contribution in [0.3, 0.4) is 0 Å². The Morgan fingerprint density at radius 3 is 2.92 bits per heavy atom. The van der Waals surface area contributed by atoms with E-state index in [1.54, 1.807) is 6.21 Å². The Kier molecular flexibility index (Phi) is 4.02. The van der Waals surface area contributed by atoms with E-state index in [1.807, 2.05) is 36.4 Å². The lowest BCUT2D eigenvalue weighted by atomic mass is 10.2. The third kappa shape index (κ3) is 3.17. The zero-order valence-electron chi connectivity index (χ0n) is 13.2. The summed E-state index contributed by atoms with van der Waals surface area (Å²) < 4.78 is 10.7. The van der Waals surface area contributed by atoms with Gasteiger partial charge in [-0.1, -0.05) is 30.3 Å². The summed E-state index contributed by atoms with van der Waals surface area (Å²) in [5.41, 5.74) is 5.24. The fourth-order valence-electron chi connectivity index (χ4n) is 2.70. The minimum absolute atomic E-state index is 0.277. The molecule has 2 aliphatic heterocycles. The van der Waals surface area contributed by atoms with Gasteiger partial charge in [0.1, 0.15) is 0 Å². The molecular formula is C18H18N4O2. The van der Waals surface area contributed by atoms with Crippen LogP contribution in [0.4, 0.5) is 0 Å². The maximum Gasteiger partial charge on any atom is 0.231 e. The number of aliphatic imine (C=N–C) groups is 1. The summed E-state index contributed by atoms with van der Waals surface area (Å²) in [6.45, 7) is 2.79. The van der Waals surface area contributed by atoms with Crippen molar-refractivity contribution in [3.63, 3.8) is 0 Å². The van der Waals surface area contributed by atoms with E-state index in [0.717, 1.165) is 42.7 Å². The number of guanidine groups is 1. The van der Waals surface area contributed by atoms with Gasteiger partial charge in [-0.3, -0.25) is 0 Å². The summed E-state index contributed by atoms with van der Waals surface area (Å²) in [7, 11) is 0. The Labute approximate surface area is 140 Å². The van der Waals surface area contributed by atoms with Gasteiger partial charge in [0.05, 0.1) is 12.8 Å². The van der Waals surface area contributed by atoms with Crippen molar-refractivity contribution < 1.29 is 9.47 Å². The van der Waals surface area contributed by atoms with Crippen molar-refractivity contribution in [2.24, 2.45) is 10.1 Å². The molecule has 0 saturated carbocycles. The Morgan fingerprint density at radius 1 is 1.12 bits per heavy atom. The first-order chi connectivity index (χ1) is 11.9. The molecule has 0 fully saturated rings. The number of ether oxygens (including phenoxy) is 2. The molecule has 2 heterocycles. The first kappa shape index (κ1) is 14.6. The number of hydrogen-bond donors (Lipinski definition) is 1. The Bertz CT molecular complexity index is 774. The second-order valence-corrected chi connectivity index (χ2v) is 5.60. The number of fused-ring (bicyclic) bond motifs is 1. The van der Waals surface area contributed by atoms with E-state index in [9.17, 15) is 0 Å². The minimum atomic E-state index is 0.277. The molecule has 24 heavy (non-hydrogen) atoms. The molecule has 2 aliphatic rings. The average molecular weight is 322 g/mol. The standard InChI is InChI=1S/C18H18N4O2/c1-2-4-14(5-3-1)12-22-9-8-19-18(22)21-20-11-15-6-7-16-17(10-15)24-13-23-16/h1-7,10-11H,8-9,12-13H2,(H,19,21). The van der Waals surface area contributed by atoms with Gasteiger partial charge < -0.3 is 14.4 Å². The van der Waals surface area contributed by atoms with Gasteiger partial charge >= 0.3 is 0 Å². The van der Waals surface area contributed by atoms with E-state index in [2.05, 4.69) is 32.6 Å². The Hall–Kier alpha value is -3.02. The molecule has 1 N–H and O–H groups in total. The lowest BCUT2D eigenvalue weighted by Crippen LogP contribution is -2.35. The van der Waals surface area contributed by atoms with Crippen LogP contribution < -0.4 is 14.9 Å². The average Bonchev–Trinajstić information content (AvgIpc) is 3.25. The molecule has 0 saturated heterocycles. The molecule has 2 aromatic rings. The lowest BCUT2D eigenvalue weighted by Gasteiger charge is -2.19. The Morgan fingerprint density at radius 2 is 2.00 bits per heavy atom. The molecule has 6 nitrogen and oxygen atoms in total. The second-order valence-electron chi connectivity index (χ2n) is 5.60. The molecule has 6 heteroatoms. The van der Waals surface area contributed by atoms with Crippen molar-refractivity contribution in [3.8, 4) is 11.5 Å². The normalized spacial score (nSPS) is 15.8. The zero-order valence-corrected chi connectivity index (χ0v) is 13.2. The largest absolute Gasteiger partial charge is 0.454 e. The van der Waals surface area contributed by atoms with Crippen LogP contribution in [0.1, 0.15) is 11.1 Å². The zero-order chi connectivity index (χ0) is 16.2. The van der Waals surface area contributed by atoms with Crippen molar-refractivity contribution in [3.05, 3.63) is 59.7 Å². The van der Waals surface area contributed by atoms with Crippen molar-refractivity contribution >= 4 is 12.2 Å². The fraction of sp³-hybridized carbons (Fsp3) is 0.222. The quantitative estimate of drug-likeness (QED) is 0.693. The van der Waals surface area contributed by atoms with Crippen LogP contribution in [-0.2, 0) is 6.54 Å². The lowest BCUT2D eigenvalue weighted by molar-refractivity contribution is 0.174. The molecule has 0 atom stereocenters. The molecule has 0 aromatic heterocycles. The first-order valence-electron chi connectivity index (χ1n) is 7.90. The molecule has 0 amide bonds. The predicted octanol–water partition coefficient (Wildman–Crippen LogP) is 2.21. The van der Waals surface area contributed by atoms with Gasteiger partial charge in [0.15, 0.2) is 11.5 Å². The molecule has 0 unspecified atom stereocenters. The highest BCUT2D eigenvalue weighted by atomic mass is 16.7. The smallest absolute Gasteiger partial charge is 0.231 e. The third-order valence-corrected chi connectivity index (χ3v) is 3.92. The molecule has 4 rings (SSSR count). The topological polar surface area (TPSA) is 58.5 Å². The monoisotopic (exact) mass is 322 g/mol. The van der Waals surface area contributed by atoms with E-state index in [-0.39, 0.29) is 6.79 Å². The van der Waals surface area contributed by atoms with Crippen molar-refractivity contribution in [1.82, 2.24) is 10.3 Å². The predicted molar refractivity (Wildman–Crippen MR) is 92.4 cm³/mol. The van der Waals surface area contributed by atoms with Crippen LogP contribution in [0.2, 0.25) is 0 Å². The number of hydrazone groups is 1. The van der Waals surface area contributed by atoms with E-state index in [0.29, 0.717) is 0 Å². The third-order valence-electron chi connectivity index (χ3n) is 3.92. The van der Waals surface area contributed by atoms with Gasteiger partial charge in [-0.2, -0.15) is 5.10 Å². The van der Waals surface area contributed by atoms with Gasteiger partial charge in [0.2, 0.25) is 12.8 Å². The fourth-order valence-corrected chi connectivity index (χ4v) is 2.70. The van der Waals surface area contributed by atoms with Crippen molar-refractivity contribution in [2.75, 3.05) is 19.9 Å². The summed E-state index contributed by atoms with van der Waals surface area (Å²) >= 11 is 0. The highest BCUT2D eigenvalue weighted by Crippen LogP contribution is 2.31. The van der Waals surface area contributed by atoms with E-state index in [1.165, 1.54) is 5.56 Å². The van der Waals surface area contributed by atoms with Crippen LogP contribution in [0.15, 0.2) is 58.6 Å². The van der Waals surface area contributed by atoms with E-state index in [4.69, 9.17) is 9.47 Å². The van der Waals surface area contributed by atoms with E-state index >= 15 is 0 Å². The van der Waals surface area contributed by atoms with Gasteiger partial charge in [-0.05, 0) is 29.3 Å². The molecule has 0 spiro atoms. The molecule has 0 aliphatic carbocycles. The van der Waals surface area contributed by atoms with Gasteiger partial charge in [0.25, 0.3) is 0 Å². The van der Waals surface area contributed by atoms with Crippen LogP contribution in [0.25, 0.3) is 0 Å². The van der Waals surface area contributed by atoms with Crippen LogP contribution in [0, 0.1) is 0 Å². The summed E-state index contributed by atoms with van der Waals surface area (Å²) in [5.74, 6) is 2.33. The van der Waals surface area contributed by atoms with E-state index < -0.39 is 0 Å². The summed E-state index contributed by atoms with van der Waals surface area (Å²) in [5, 5.41) is 4.30. The minimum Gasteiger partial charge on any atom is -0.454 e. The van der Waals surface area contributed by atoms with Crippen molar-refractivity contribution in [1.29, 1.82) is 0 Å². The number of nitrogens with zero attached hydrogens (tertiary/aromatic N) is 3. The number of rotatable bonds is 4. The van der Waals surface area contributed by atoms with Gasteiger partial charge in [-0.25, -0.2) is 10.4 Å². The molecule has 0 radical (unpaired) electrons. The summed E-state index contributed by atoms with van der Waals surface area (Å²) in [4.78, 5) is 6.66. The molecule has 0 bridgehead atoms. The molecule has 122 valence electrons. The SMILES string of the molecule is C(=NNC1=NCCN1Cc1ccccc1)c1ccc2c(c1)OCO2. The van der Waals surface area contributed by atoms with Gasteiger partial charge in [0, 0.05) is 13.1 Å². The highest BCUT2D eigenvalue weighted by Gasteiger charge is 2.16. The number of benzene rings is 2.